The summed E-state index contributed by atoms with van der Waals surface area (Å²) in [5.74, 6) is 5.58. The number of nitrogens with one attached hydrogen (secondary N) is 1. The average Bonchev–Trinajstić information content (AvgIpc) is 2.49. The lowest BCUT2D eigenvalue weighted by molar-refractivity contribution is -0.121. The van der Waals surface area contributed by atoms with Gasteiger partial charge in [-0.3, -0.25) is 15.2 Å². The zero-order valence-corrected chi connectivity index (χ0v) is 14.4. The average molecular weight is 417 g/mol. The van der Waals surface area contributed by atoms with E-state index >= 15 is 0 Å². The Morgan fingerprint density at radius 1 is 1.33 bits per heavy atom. The molecule has 1 aromatic heterocycles. The molecule has 5 nitrogen and oxygen atoms in total. The van der Waals surface area contributed by atoms with E-state index in [1.54, 1.807) is 6.20 Å². The lowest BCUT2D eigenvalue weighted by atomic mass is 10.2. The molecule has 2 rings (SSSR count). The number of fused-ring (bicyclic) bond motifs is 1. The van der Waals surface area contributed by atoms with Crippen molar-refractivity contribution in [3.63, 3.8) is 0 Å². The predicted octanol–water partition coefficient (Wildman–Crippen LogP) is 3.30. The molecule has 0 spiro atoms. The third kappa shape index (κ3) is 4.15. The summed E-state index contributed by atoms with van der Waals surface area (Å²) in [5, 5.41) is 0.998. The second-order valence-corrected chi connectivity index (χ2v) is 6.15. The maximum atomic E-state index is 11.0. The predicted molar refractivity (Wildman–Crippen MR) is 88.8 cm³/mol. The smallest absolute Gasteiger partial charge is 0.233 e. The van der Waals surface area contributed by atoms with E-state index in [1.807, 2.05) is 18.2 Å². The number of unbranched alkanes of at least 4 members (excludes halogenated alkanes) is 1. The summed E-state index contributed by atoms with van der Waals surface area (Å²) in [6.07, 6.45) is 3.63. The molecule has 21 heavy (non-hydrogen) atoms. The van der Waals surface area contributed by atoms with Crippen LogP contribution in [0.4, 0.5) is 0 Å². The Balaban J connectivity index is 2.03. The molecule has 3 N–H and O–H groups in total. The van der Waals surface area contributed by atoms with E-state index in [-0.39, 0.29) is 5.91 Å². The molecule has 0 aliphatic carbocycles. The van der Waals surface area contributed by atoms with E-state index in [1.165, 1.54) is 0 Å². The number of carbonyl (C=O) groups excluding carboxylic acids is 1. The third-order valence-corrected chi connectivity index (χ3v) is 4.20. The van der Waals surface area contributed by atoms with Gasteiger partial charge in [-0.25, -0.2) is 5.84 Å². The maximum Gasteiger partial charge on any atom is 0.233 e. The molecule has 112 valence electrons. The summed E-state index contributed by atoms with van der Waals surface area (Å²) in [6.45, 7) is 0.518. The maximum absolute atomic E-state index is 11.0. The minimum Gasteiger partial charge on any atom is -0.490 e. The molecule has 0 unspecified atom stereocenters. The van der Waals surface area contributed by atoms with Gasteiger partial charge >= 0.3 is 0 Å². The molecule has 2 aromatic rings. The molecule has 0 saturated heterocycles. The Hall–Kier alpha value is -1.18. The van der Waals surface area contributed by atoms with Gasteiger partial charge in [-0.15, -0.1) is 0 Å². The largest absolute Gasteiger partial charge is 0.490 e. The van der Waals surface area contributed by atoms with E-state index < -0.39 is 0 Å². The first kappa shape index (κ1) is 16.2. The molecular weight excluding hydrogens is 402 g/mol. The summed E-state index contributed by atoms with van der Waals surface area (Å²) < 4.78 is 7.64. The van der Waals surface area contributed by atoms with Crippen molar-refractivity contribution in [1.29, 1.82) is 0 Å². The molecule has 1 amide bonds. The number of carbonyl (C=O) groups is 1. The van der Waals surface area contributed by atoms with Crippen molar-refractivity contribution in [2.75, 3.05) is 6.61 Å². The van der Waals surface area contributed by atoms with Crippen LogP contribution >= 0.6 is 31.9 Å². The van der Waals surface area contributed by atoms with Crippen LogP contribution in [0, 0.1) is 0 Å². The Labute approximate surface area is 139 Å². The second kappa shape index (κ2) is 7.72. The Morgan fingerprint density at radius 2 is 2.14 bits per heavy atom. The van der Waals surface area contributed by atoms with Gasteiger partial charge in [0.25, 0.3) is 0 Å². The highest BCUT2D eigenvalue weighted by Crippen LogP contribution is 2.37. The summed E-state index contributed by atoms with van der Waals surface area (Å²) in [5.41, 5.74) is 2.91. The van der Waals surface area contributed by atoms with Crippen molar-refractivity contribution >= 4 is 48.7 Å². The van der Waals surface area contributed by atoms with Gasteiger partial charge in [-0.1, -0.05) is 22.0 Å². The van der Waals surface area contributed by atoms with Crippen LogP contribution in [0.3, 0.4) is 0 Å². The monoisotopic (exact) mass is 415 g/mol. The number of pyridine rings is 1. The van der Waals surface area contributed by atoms with E-state index in [4.69, 9.17) is 10.6 Å². The lowest BCUT2D eigenvalue weighted by Crippen LogP contribution is -2.29. The Morgan fingerprint density at radius 3 is 2.90 bits per heavy atom. The quantitative estimate of drug-likeness (QED) is 0.328. The summed E-state index contributed by atoms with van der Waals surface area (Å²) in [7, 11) is 0. The number of hydrogen-bond acceptors (Lipinski definition) is 4. The molecule has 0 atom stereocenters. The summed E-state index contributed by atoms with van der Waals surface area (Å²) in [6, 6.07) is 5.81. The molecular formula is C14H15Br2N3O2. The zero-order chi connectivity index (χ0) is 15.2. The Bertz CT molecular complexity index is 649. The topological polar surface area (TPSA) is 77.2 Å². The van der Waals surface area contributed by atoms with Crippen molar-refractivity contribution in [3.8, 4) is 5.75 Å². The zero-order valence-electron chi connectivity index (χ0n) is 11.2. The minimum atomic E-state index is -0.160. The molecule has 0 saturated carbocycles. The first-order chi connectivity index (χ1) is 10.1. The van der Waals surface area contributed by atoms with Crippen molar-refractivity contribution < 1.29 is 9.53 Å². The second-order valence-electron chi connectivity index (χ2n) is 4.44. The number of amides is 1. The van der Waals surface area contributed by atoms with Crippen LogP contribution in [0.2, 0.25) is 0 Å². The number of halogens is 2. The first-order valence-corrected chi connectivity index (χ1v) is 8.07. The van der Waals surface area contributed by atoms with E-state index in [2.05, 4.69) is 42.3 Å². The number of nitrogens with zero attached hydrogens (tertiary/aromatic N) is 1. The molecule has 0 bridgehead atoms. The van der Waals surface area contributed by atoms with Crippen molar-refractivity contribution in [2.24, 2.45) is 5.84 Å². The normalized spacial score (nSPS) is 10.6. The summed E-state index contributed by atoms with van der Waals surface area (Å²) in [4.78, 5) is 15.4. The molecule has 0 aliphatic rings. The highest BCUT2D eigenvalue weighted by molar-refractivity contribution is 9.11. The first-order valence-electron chi connectivity index (χ1n) is 6.48. The van der Waals surface area contributed by atoms with Crippen molar-refractivity contribution in [2.45, 2.75) is 19.3 Å². The van der Waals surface area contributed by atoms with Crippen molar-refractivity contribution in [1.82, 2.24) is 10.4 Å². The highest BCUT2D eigenvalue weighted by Gasteiger charge is 2.11. The highest BCUT2D eigenvalue weighted by atomic mass is 79.9. The van der Waals surface area contributed by atoms with Gasteiger partial charge in [0.1, 0.15) is 5.52 Å². The number of benzene rings is 1. The van der Waals surface area contributed by atoms with Crippen LogP contribution in [0.15, 0.2) is 33.3 Å². The number of hydrogen-bond donors (Lipinski definition) is 2. The summed E-state index contributed by atoms with van der Waals surface area (Å²) >= 11 is 7.01. The molecule has 1 heterocycles. The van der Waals surface area contributed by atoms with Gasteiger partial charge < -0.3 is 4.74 Å². The van der Waals surface area contributed by atoms with Gasteiger partial charge in [0.2, 0.25) is 5.91 Å². The molecule has 1 aromatic carbocycles. The van der Waals surface area contributed by atoms with E-state index in [9.17, 15) is 4.79 Å². The van der Waals surface area contributed by atoms with E-state index in [0.29, 0.717) is 13.0 Å². The van der Waals surface area contributed by atoms with Crippen LogP contribution in [-0.2, 0) is 4.79 Å². The SMILES string of the molecule is NNC(=O)CCCCOc1c(Br)cc(Br)c2cccnc12. The molecule has 0 radical (unpaired) electrons. The van der Waals surface area contributed by atoms with Crippen LogP contribution in [0.25, 0.3) is 10.9 Å². The lowest BCUT2D eigenvalue weighted by Gasteiger charge is -2.11. The van der Waals surface area contributed by atoms with Crippen LogP contribution in [0.1, 0.15) is 19.3 Å². The standard InChI is InChI=1S/C14H15Br2N3O2/c15-10-8-11(16)14(13-9(10)4-3-6-18-13)21-7-2-1-5-12(20)19-17/h3-4,6,8H,1-2,5,7,17H2,(H,19,20). The number of aromatic nitrogens is 1. The number of hydrazine groups is 1. The van der Waals surface area contributed by atoms with Crippen LogP contribution in [-0.4, -0.2) is 17.5 Å². The van der Waals surface area contributed by atoms with E-state index in [0.717, 1.165) is 38.4 Å². The number of nitrogens with two attached hydrogens (primary N) is 1. The number of ether oxygens (including phenoxy) is 1. The number of rotatable bonds is 6. The van der Waals surface area contributed by atoms with Crippen LogP contribution < -0.4 is 16.0 Å². The minimum absolute atomic E-state index is 0.160. The van der Waals surface area contributed by atoms with Gasteiger partial charge in [0.05, 0.1) is 11.1 Å². The Kier molecular flexibility index (Phi) is 5.96. The fraction of sp³-hybridized carbons (Fsp3) is 0.286. The van der Waals surface area contributed by atoms with Crippen LogP contribution in [0.5, 0.6) is 5.75 Å². The molecule has 0 fully saturated rings. The van der Waals surface area contributed by atoms with Gasteiger partial charge in [0.15, 0.2) is 5.75 Å². The molecule has 7 heteroatoms. The van der Waals surface area contributed by atoms with Crippen molar-refractivity contribution in [3.05, 3.63) is 33.3 Å². The fourth-order valence-corrected chi connectivity index (χ4v) is 3.31. The molecule has 0 aliphatic heterocycles. The van der Waals surface area contributed by atoms with Gasteiger partial charge in [0, 0.05) is 22.5 Å². The third-order valence-electron chi connectivity index (χ3n) is 2.96. The van der Waals surface area contributed by atoms with Gasteiger partial charge in [-0.05, 0) is 40.9 Å². The fourth-order valence-electron chi connectivity index (χ4n) is 1.92. The van der Waals surface area contributed by atoms with Gasteiger partial charge in [-0.2, -0.15) is 0 Å².